The van der Waals surface area contributed by atoms with Crippen LogP contribution in [0.2, 0.25) is 0 Å². The van der Waals surface area contributed by atoms with Gasteiger partial charge in [0.1, 0.15) is 18.3 Å². The first-order valence-corrected chi connectivity index (χ1v) is 21.1. The van der Waals surface area contributed by atoms with E-state index in [1.807, 2.05) is 0 Å². The molecule has 1 aliphatic heterocycles. The lowest BCUT2D eigenvalue weighted by molar-refractivity contribution is -0.0546. The summed E-state index contributed by atoms with van der Waals surface area (Å²) in [5.74, 6) is -1.43. The van der Waals surface area contributed by atoms with E-state index in [0.29, 0.717) is 10.8 Å². The van der Waals surface area contributed by atoms with Gasteiger partial charge in [-0.05, 0) is 58.9 Å². The van der Waals surface area contributed by atoms with E-state index in [1.165, 1.54) is 58.9 Å². The summed E-state index contributed by atoms with van der Waals surface area (Å²) in [6.45, 7) is 29.2. The molecule has 0 radical (unpaired) electrons. The molecule has 0 amide bonds. The number of aromatic nitrogens is 2. The summed E-state index contributed by atoms with van der Waals surface area (Å²) in [6.07, 6.45) is -6.95. The first-order valence-electron chi connectivity index (χ1n) is 16.5. The van der Waals surface area contributed by atoms with Crippen LogP contribution in [0.4, 0.5) is 4.39 Å². The summed E-state index contributed by atoms with van der Waals surface area (Å²) in [4.78, 5) is 66.7. The number of hydrogen-bond donors (Lipinski definition) is 7. The first-order chi connectivity index (χ1) is 23.6. The number of aliphatic hydroxyl groups is 2. The molecule has 1 aromatic rings. The van der Waals surface area contributed by atoms with Crippen molar-refractivity contribution in [2.45, 2.75) is 86.9 Å². The molecule has 0 saturated carbocycles. The molecule has 0 spiro atoms. The van der Waals surface area contributed by atoms with Crippen LogP contribution in [-0.4, -0.2) is 138 Å². The van der Waals surface area contributed by atoms with E-state index >= 15 is 0 Å². The van der Waals surface area contributed by atoms with Gasteiger partial charge in [-0.1, -0.05) is 62.3 Å². The topological polar surface area (TPSA) is 274 Å². The molecule has 51 heavy (non-hydrogen) atoms. The van der Waals surface area contributed by atoms with Crippen molar-refractivity contribution < 1.29 is 65.8 Å². The van der Waals surface area contributed by atoms with Gasteiger partial charge in [-0.2, -0.15) is 13.0 Å². The molecule has 2 unspecified atom stereocenters. The van der Waals surface area contributed by atoms with Crippen molar-refractivity contribution in [2.24, 2.45) is 0 Å². The molecule has 2 rings (SSSR count). The third-order valence-electron chi connectivity index (χ3n) is 7.38. The Labute approximate surface area is 298 Å². The third-order valence-corrected chi connectivity index (χ3v) is 11.2. The Morgan fingerprint density at radius 3 is 1.45 bits per heavy atom. The largest absolute Gasteiger partial charge is 0.490 e. The molecule has 6 atom stereocenters. The molecule has 2 heterocycles. The molecule has 0 bridgehead atoms. The Balaban J connectivity index is 0. The number of ether oxygens (including phenoxy) is 1. The zero-order valence-corrected chi connectivity index (χ0v) is 33.5. The van der Waals surface area contributed by atoms with Crippen molar-refractivity contribution in [2.75, 3.05) is 65.5 Å². The Bertz CT molecular complexity index is 1310. The summed E-state index contributed by atoms with van der Waals surface area (Å²) in [6, 6.07) is 0. The fraction of sp³-hybridized carbons (Fsp3) is 0.852. The van der Waals surface area contributed by atoms with Crippen LogP contribution in [0.1, 0.15) is 68.5 Å². The van der Waals surface area contributed by atoms with Crippen molar-refractivity contribution in [3.05, 3.63) is 32.9 Å². The normalized spacial score (nSPS) is 21.2. The van der Waals surface area contributed by atoms with Gasteiger partial charge in [0.2, 0.25) is 5.82 Å². The average Bonchev–Trinajstić information content (AvgIpc) is 3.32. The van der Waals surface area contributed by atoms with Crippen molar-refractivity contribution >= 4 is 23.5 Å². The zero-order chi connectivity index (χ0) is 40.2. The van der Waals surface area contributed by atoms with Crippen LogP contribution in [0.3, 0.4) is 0 Å². The quantitative estimate of drug-likeness (QED) is 0.110. The molecule has 7 N–H and O–H groups in total. The number of nitrogens with zero attached hydrogens (tertiary/aromatic N) is 4. The third kappa shape index (κ3) is 21.3. The van der Waals surface area contributed by atoms with E-state index in [0.717, 1.165) is 0 Å². The van der Waals surface area contributed by atoms with Gasteiger partial charge in [0.25, 0.3) is 5.56 Å². The van der Waals surface area contributed by atoms with E-state index in [2.05, 4.69) is 90.2 Å². The molecule has 1 fully saturated rings. The molecular weight excluding hydrogens is 746 g/mol. The van der Waals surface area contributed by atoms with Gasteiger partial charge in [-0.15, -0.1) is 0 Å². The average molecular weight is 806 g/mol. The van der Waals surface area contributed by atoms with E-state index in [-0.39, 0.29) is 0 Å². The molecule has 1 aromatic heterocycles. The van der Waals surface area contributed by atoms with E-state index < -0.39 is 71.7 Å². The van der Waals surface area contributed by atoms with Crippen LogP contribution >= 0.6 is 23.5 Å². The lowest BCUT2D eigenvalue weighted by Crippen LogP contribution is -2.38. The number of rotatable bonds is 17. The number of nitrogens with one attached hydrogen (secondary N) is 1. The predicted molar refractivity (Wildman–Crippen MR) is 187 cm³/mol. The van der Waals surface area contributed by atoms with Gasteiger partial charge < -0.3 is 49.2 Å². The monoisotopic (exact) mass is 805 g/mol. The number of H-pyrrole nitrogens is 1. The van der Waals surface area contributed by atoms with Gasteiger partial charge >= 0.3 is 29.2 Å². The standard InChI is InChI=1S/C9H14FN2O15P3.3C6H15N/c10-3-1-12(9(16)11-7(3)15)8-6(14)5(13)4(25-8)2-24-29(20,21)27-30(22,23)26-28(17,18)19;3*1-4-7(5-2)6-3/h1,4-6,8,13-14H,2H2,(H,20,21)(H,22,23)(H,11,15,16)(H2,17,18,19);3*4-6H2,1-3H3/t4-,5-,6-,8-;;;/m1.../s1. The predicted octanol–water partition coefficient (Wildman–Crippen LogP) is 1.68. The highest BCUT2D eigenvalue weighted by Crippen LogP contribution is 2.66. The van der Waals surface area contributed by atoms with E-state index in [1.54, 1.807) is 4.98 Å². The van der Waals surface area contributed by atoms with Gasteiger partial charge in [-0.25, -0.2) is 18.5 Å². The first kappa shape index (κ1) is 51.9. The summed E-state index contributed by atoms with van der Waals surface area (Å²) >= 11 is 0. The number of halogens is 1. The fourth-order valence-corrected chi connectivity index (χ4v) is 7.26. The number of aliphatic hydroxyl groups excluding tert-OH is 2. The number of aromatic amines is 1. The van der Waals surface area contributed by atoms with Crippen LogP contribution in [0.15, 0.2) is 15.8 Å². The number of phosphoric ester groups is 1. The number of hydrogen-bond acceptors (Lipinski definition) is 14. The Morgan fingerprint density at radius 2 is 1.12 bits per heavy atom. The highest BCUT2D eigenvalue weighted by atomic mass is 31.3. The molecule has 1 aliphatic rings. The van der Waals surface area contributed by atoms with Crippen molar-refractivity contribution in [1.82, 2.24) is 24.3 Å². The van der Waals surface area contributed by atoms with Crippen molar-refractivity contribution in [3.63, 3.8) is 0 Å². The van der Waals surface area contributed by atoms with Gasteiger partial charge in [0.15, 0.2) is 6.23 Å². The summed E-state index contributed by atoms with van der Waals surface area (Å²) in [5.41, 5.74) is -2.60. The van der Waals surface area contributed by atoms with Gasteiger partial charge in [0, 0.05) is 0 Å². The van der Waals surface area contributed by atoms with Gasteiger partial charge in [0.05, 0.1) is 12.8 Å². The highest BCUT2D eigenvalue weighted by Gasteiger charge is 2.47. The summed E-state index contributed by atoms with van der Waals surface area (Å²) in [5, 5.41) is 19.9. The zero-order valence-electron chi connectivity index (χ0n) is 30.8. The molecule has 20 nitrogen and oxygen atoms in total. The fourth-order valence-electron chi connectivity index (χ4n) is 4.23. The van der Waals surface area contributed by atoms with E-state index in [4.69, 9.17) is 19.4 Å². The minimum Gasteiger partial charge on any atom is -0.387 e. The summed E-state index contributed by atoms with van der Waals surface area (Å²) < 4.78 is 63.4. The van der Waals surface area contributed by atoms with Crippen molar-refractivity contribution in [1.29, 1.82) is 0 Å². The minimum atomic E-state index is -5.78. The minimum absolute atomic E-state index is 0.368. The Kier molecular flexibility index (Phi) is 26.2. The molecule has 304 valence electrons. The second kappa shape index (κ2) is 25.7. The molecule has 1 saturated heterocycles. The van der Waals surface area contributed by atoms with E-state index in [9.17, 15) is 42.8 Å². The lowest BCUT2D eigenvalue weighted by atomic mass is 10.1. The maximum absolute atomic E-state index is 13.4. The highest BCUT2D eigenvalue weighted by molar-refractivity contribution is 7.66. The van der Waals surface area contributed by atoms with Crippen LogP contribution in [0.5, 0.6) is 0 Å². The molecular formula is C27H59FN5O15P3. The van der Waals surface area contributed by atoms with Crippen molar-refractivity contribution in [3.8, 4) is 0 Å². The molecule has 0 aromatic carbocycles. The smallest absolute Gasteiger partial charge is 0.387 e. The second-order valence-corrected chi connectivity index (χ2v) is 14.9. The lowest BCUT2D eigenvalue weighted by Gasteiger charge is -2.19. The maximum Gasteiger partial charge on any atom is 0.490 e. The van der Waals surface area contributed by atoms with Crippen LogP contribution in [0, 0.1) is 5.82 Å². The van der Waals surface area contributed by atoms with Gasteiger partial charge in [-0.3, -0.25) is 18.9 Å². The van der Waals surface area contributed by atoms with Crippen LogP contribution in [0.25, 0.3) is 0 Å². The second-order valence-electron chi connectivity index (χ2n) is 10.4. The maximum atomic E-state index is 13.4. The number of phosphoric acid groups is 3. The van der Waals surface area contributed by atoms with Crippen LogP contribution in [-0.2, 0) is 31.6 Å². The summed E-state index contributed by atoms with van der Waals surface area (Å²) in [7, 11) is -16.9. The molecule has 24 heteroatoms. The molecule has 0 aliphatic carbocycles. The SMILES string of the molecule is CCN(CC)CC.CCN(CC)CC.CCN(CC)CC.O=c1[nH]c(=O)n([C@@H]2O[C@H](COP(=O)(O)OP(=O)(O)OP(=O)(O)O)[C@@H](O)[C@H]2O)cc1F. The Hall–Kier alpha value is -1.22. The Morgan fingerprint density at radius 1 is 0.725 bits per heavy atom. The van der Waals surface area contributed by atoms with Crippen LogP contribution < -0.4 is 11.2 Å².